The Morgan fingerprint density at radius 2 is 1.96 bits per heavy atom. The van der Waals surface area contributed by atoms with Gasteiger partial charge in [0.1, 0.15) is 0 Å². The first-order valence-corrected chi connectivity index (χ1v) is 9.31. The first-order valence-electron chi connectivity index (χ1n) is 9.31. The summed E-state index contributed by atoms with van der Waals surface area (Å²) in [6, 6.07) is 0.522. The van der Waals surface area contributed by atoms with E-state index in [0.717, 1.165) is 25.6 Å². The van der Waals surface area contributed by atoms with E-state index in [0.29, 0.717) is 12.6 Å². The molecule has 1 amide bonds. The van der Waals surface area contributed by atoms with E-state index < -0.39 is 0 Å². The number of aliphatic imine (C=N–C) groups is 1. The number of hydrogen-bond donors (Lipinski definition) is 2. The molecule has 25 heavy (non-hydrogen) atoms. The molecular weight excluding hydrogens is 429 g/mol. The Morgan fingerprint density at radius 1 is 1.28 bits per heavy atom. The van der Waals surface area contributed by atoms with Crippen LogP contribution in [-0.4, -0.2) is 73.0 Å². The molecule has 0 bridgehead atoms. The van der Waals surface area contributed by atoms with Crippen molar-refractivity contribution >= 4 is 35.8 Å². The number of amides is 1. The highest BCUT2D eigenvalue weighted by molar-refractivity contribution is 14.0. The molecule has 1 aliphatic heterocycles. The van der Waals surface area contributed by atoms with E-state index in [2.05, 4.69) is 29.4 Å². The van der Waals surface area contributed by atoms with Crippen molar-refractivity contribution in [1.29, 1.82) is 0 Å². The zero-order valence-corrected chi connectivity index (χ0v) is 19.2. The second-order valence-corrected chi connectivity index (χ2v) is 7.63. The number of guanidine groups is 1. The standard InChI is InChI=1S/C18H37N5O.HI/c1-7-19-17(22(6)14-16(24)21-18(3,4)5)20-13-15-11-9-10-12-23(15)8-2;/h15H,7-14H2,1-6H3,(H,19,20)(H,21,24);1H. The van der Waals surface area contributed by atoms with Gasteiger partial charge >= 0.3 is 0 Å². The van der Waals surface area contributed by atoms with Gasteiger partial charge in [0.15, 0.2) is 5.96 Å². The quantitative estimate of drug-likeness (QED) is 0.358. The fraction of sp³-hybridized carbons (Fsp3) is 0.889. The van der Waals surface area contributed by atoms with Gasteiger partial charge in [-0.25, -0.2) is 0 Å². The summed E-state index contributed by atoms with van der Waals surface area (Å²) in [5.74, 6) is 0.826. The molecule has 0 aromatic heterocycles. The molecule has 1 heterocycles. The predicted octanol–water partition coefficient (Wildman–Crippen LogP) is 2.29. The van der Waals surface area contributed by atoms with E-state index in [1.807, 2.05) is 32.7 Å². The summed E-state index contributed by atoms with van der Waals surface area (Å²) in [5, 5.41) is 6.30. The Morgan fingerprint density at radius 3 is 2.52 bits per heavy atom. The van der Waals surface area contributed by atoms with Crippen LogP contribution in [0.5, 0.6) is 0 Å². The first-order chi connectivity index (χ1) is 11.3. The van der Waals surface area contributed by atoms with Crippen molar-refractivity contribution in [1.82, 2.24) is 20.4 Å². The number of rotatable bonds is 6. The average Bonchev–Trinajstić information content (AvgIpc) is 2.49. The lowest BCUT2D eigenvalue weighted by atomic mass is 10.0. The van der Waals surface area contributed by atoms with Crippen LogP contribution in [0.4, 0.5) is 0 Å². The van der Waals surface area contributed by atoms with Gasteiger partial charge in [-0.05, 0) is 53.6 Å². The summed E-state index contributed by atoms with van der Waals surface area (Å²) in [7, 11) is 1.92. The van der Waals surface area contributed by atoms with E-state index in [4.69, 9.17) is 4.99 Å². The molecule has 1 aliphatic rings. The third-order valence-electron chi connectivity index (χ3n) is 4.20. The number of likely N-dealkylation sites (tertiary alicyclic amines) is 1. The number of carbonyl (C=O) groups is 1. The van der Waals surface area contributed by atoms with Crippen LogP contribution in [0.25, 0.3) is 0 Å². The molecule has 148 valence electrons. The van der Waals surface area contributed by atoms with Gasteiger partial charge < -0.3 is 15.5 Å². The van der Waals surface area contributed by atoms with Crippen LogP contribution in [0.2, 0.25) is 0 Å². The zero-order chi connectivity index (χ0) is 18.2. The van der Waals surface area contributed by atoms with Gasteiger partial charge in [-0.3, -0.25) is 14.7 Å². The SMILES string of the molecule is CCNC(=NCC1CCCCN1CC)N(C)CC(=O)NC(C)(C)C.I. The van der Waals surface area contributed by atoms with Crippen LogP contribution in [0.15, 0.2) is 4.99 Å². The summed E-state index contributed by atoms with van der Waals surface area (Å²) in [6.07, 6.45) is 3.79. The van der Waals surface area contributed by atoms with Gasteiger partial charge in [0.25, 0.3) is 0 Å². The average molecular weight is 467 g/mol. The third kappa shape index (κ3) is 9.63. The molecule has 6 nitrogen and oxygen atoms in total. The fourth-order valence-corrected chi connectivity index (χ4v) is 3.09. The first kappa shape index (κ1) is 24.4. The number of piperidine rings is 1. The van der Waals surface area contributed by atoms with E-state index in [-0.39, 0.29) is 35.4 Å². The normalized spacial score (nSPS) is 19.1. The van der Waals surface area contributed by atoms with Crippen molar-refractivity contribution in [2.75, 3.05) is 39.8 Å². The largest absolute Gasteiger partial charge is 0.357 e. The fourth-order valence-electron chi connectivity index (χ4n) is 3.09. The minimum Gasteiger partial charge on any atom is -0.357 e. The molecule has 1 unspecified atom stereocenters. The van der Waals surface area contributed by atoms with Gasteiger partial charge in [-0.1, -0.05) is 13.3 Å². The van der Waals surface area contributed by atoms with Crippen LogP contribution >= 0.6 is 24.0 Å². The molecule has 2 N–H and O–H groups in total. The number of likely N-dealkylation sites (N-methyl/N-ethyl adjacent to an activating group) is 2. The highest BCUT2D eigenvalue weighted by Gasteiger charge is 2.21. The van der Waals surface area contributed by atoms with Gasteiger partial charge in [0.2, 0.25) is 5.91 Å². The highest BCUT2D eigenvalue weighted by atomic mass is 127. The Balaban J connectivity index is 0.00000576. The summed E-state index contributed by atoms with van der Waals surface area (Å²) < 4.78 is 0. The topological polar surface area (TPSA) is 60.0 Å². The van der Waals surface area contributed by atoms with Gasteiger partial charge in [-0.15, -0.1) is 24.0 Å². The molecule has 1 rings (SSSR count). The Bertz CT molecular complexity index is 422. The lowest BCUT2D eigenvalue weighted by Crippen LogP contribution is -2.49. The molecule has 0 aromatic carbocycles. The Kier molecular flexibility index (Phi) is 11.7. The molecule has 0 saturated carbocycles. The van der Waals surface area contributed by atoms with E-state index >= 15 is 0 Å². The van der Waals surface area contributed by atoms with Crippen LogP contribution in [0.3, 0.4) is 0 Å². The van der Waals surface area contributed by atoms with Gasteiger partial charge in [-0.2, -0.15) is 0 Å². The molecule has 1 fully saturated rings. The molecule has 0 radical (unpaired) electrons. The van der Waals surface area contributed by atoms with Crippen LogP contribution in [0.1, 0.15) is 53.9 Å². The van der Waals surface area contributed by atoms with Crippen molar-refractivity contribution < 1.29 is 4.79 Å². The van der Waals surface area contributed by atoms with E-state index in [1.54, 1.807) is 0 Å². The smallest absolute Gasteiger partial charge is 0.240 e. The summed E-state index contributed by atoms with van der Waals surface area (Å²) >= 11 is 0. The summed E-state index contributed by atoms with van der Waals surface area (Å²) in [4.78, 5) is 21.4. The molecule has 1 saturated heterocycles. The molecule has 0 aliphatic carbocycles. The highest BCUT2D eigenvalue weighted by Crippen LogP contribution is 2.16. The molecular formula is C18H38IN5O. The number of nitrogens with zero attached hydrogens (tertiary/aromatic N) is 3. The minimum atomic E-state index is -0.211. The van der Waals surface area contributed by atoms with Crippen LogP contribution in [-0.2, 0) is 4.79 Å². The van der Waals surface area contributed by atoms with E-state index in [9.17, 15) is 4.79 Å². The van der Waals surface area contributed by atoms with Crippen molar-refractivity contribution in [3.05, 3.63) is 0 Å². The molecule has 1 atom stereocenters. The van der Waals surface area contributed by atoms with E-state index in [1.165, 1.54) is 25.8 Å². The number of hydrogen-bond acceptors (Lipinski definition) is 3. The van der Waals surface area contributed by atoms with Crippen LogP contribution in [0, 0.1) is 0 Å². The Labute approximate surface area is 171 Å². The maximum absolute atomic E-state index is 12.1. The second-order valence-electron chi connectivity index (χ2n) is 7.63. The van der Waals surface area contributed by atoms with Crippen molar-refractivity contribution in [3.8, 4) is 0 Å². The predicted molar refractivity (Wildman–Crippen MR) is 117 cm³/mol. The number of carbonyl (C=O) groups excluding carboxylic acids is 1. The number of halogens is 1. The van der Waals surface area contributed by atoms with Crippen LogP contribution < -0.4 is 10.6 Å². The van der Waals surface area contributed by atoms with Crippen molar-refractivity contribution in [2.24, 2.45) is 4.99 Å². The Hall–Kier alpha value is -0.570. The van der Waals surface area contributed by atoms with Crippen molar-refractivity contribution in [2.45, 2.75) is 65.5 Å². The van der Waals surface area contributed by atoms with Gasteiger partial charge in [0, 0.05) is 25.2 Å². The summed E-state index contributed by atoms with van der Waals surface area (Å²) in [5.41, 5.74) is -0.211. The van der Waals surface area contributed by atoms with Gasteiger partial charge in [0.05, 0.1) is 13.1 Å². The second kappa shape index (κ2) is 11.9. The zero-order valence-electron chi connectivity index (χ0n) is 16.9. The lowest BCUT2D eigenvalue weighted by Gasteiger charge is -2.34. The number of nitrogens with one attached hydrogen (secondary N) is 2. The summed E-state index contributed by atoms with van der Waals surface area (Å²) in [6.45, 7) is 14.4. The maximum Gasteiger partial charge on any atom is 0.240 e. The molecule has 7 heteroatoms. The maximum atomic E-state index is 12.1. The van der Waals surface area contributed by atoms with Crippen molar-refractivity contribution in [3.63, 3.8) is 0 Å². The monoisotopic (exact) mass is 467 g/mol. The molecule has 0 spiro atoms. The third-order valence-corrected chi connectivity index (χ3v) is 4.20. The molecule has 0 aromatic rings. The minimum absolute atomic E-state index is 0. The lowest BCUT2D eigenvalue weighted by molar-refractivity contribution is -0.122.